The smallest absolute Gasteiger partial charge is 0.0346 e. The van der Waals surface area contributed by atoms with Gasteiger partial charge in [0, 0.05) is 5.92 Å². The highest BCUT2D eigenvalue weighted by molar-refractivity contribution is 5.67. The Morgan fingerprint density at radius 3 is 1.64 bits per heavy atom. The Labute approximate surface area is 132 Å². The summed E-state index contributed by atoms with van der Waals surface area (Å²) in [5.74, 6) is 0.232. The van der Waals surface area contributed by atoms with Crippen LogP contribution in [0.4, 0.5) is 0 Å². The van der Waals surface area contributed by atoms with Gasteiger partial charge in [0.15, 0.2) is 0 Å². The highest BCUT2D eigenvalue weighted by Gasteiger charge is 2.19. The van der Waals surface area contributed by atoms with E-state index >= 15 is 0 Å². The molecule has 0 aliphatic heterocycles. The van der Waals surface area contributed by atoms with Crippen molar-refractivity contribution in [3.8, 4) is 0 Å². The number of allylic oxidation sites excluding steroid dienone is 1. The zero-order valence-corrected chi connectivity index (χ0v) is 12.9. The van der Waals surface area contributed by atoms with Gasteiger partial charge in [0.1, 0.15) is 0 Å². The van der Waals surface area contributed by atoms with Gasteiger partial charge in [-0.15, -0.1) is 0 Å². The maximum Gasteiger partial charge on any atom is 0.0346 e. The monoisotopic (exact) mass is 284 g/mol. The fourth-order valence-corrected chi connectivity index (χ4v) is 2.98. The Hall–Kier alpha value is -2.60. The van der Waals surface area contributed by atoms with Crippen molar-refractivity contribution in [2.45, 2.75) is 12.8 Å². The molecule has 0 aliphatic carbocycles. The van der Waals surface area contributed by atoms with Crippen molar-refractivity contribution in [3.05, 3.63) is 114 Å². The standard InChI is InChI=1S/C22H20/c1-17(2)20-15-9-10-16-21(20)22(18-11-5-3-6-12-18)19-13-7-4-8-14-19/h3-16,22H,1H2,2H3. The summed E-state index contributed by atoms with van der Waals surface area (Å²) in [7, 11) is 0. The molecule has 0 radical (unpaired) electrons. The van der Waals surface area contributed by atoms with Gasteiger partial charge >= 0.3 is 0 Å². The molecular formula is C22H20. The van der Waals surface area contributed by atoms with E-state index in [-0.39, 0.29) is 5.92 Å². The van der Waals surface area contributed by atoms with E-state index in [1.165, 1.54) is 22.3 Å². The van der Waals surface area contributed by atoms with Crippen molar-refractivity contribution in [2.24, 2.45) is 0 Å². The quantitative estimate of drug-likeness (QED) is 0.523. The van der Waals surface area contributed by atoms with E-state index in [1.807, 2.05) is 0 Å². The molecule has 0 heteroatoms. The molecule has 0 unspecified atom stereocenters. The van der Waals surface area contributed by atoms with Crippen LogP contribution < -0.4 is 0 Å². The van der Waals surface area contributed by atoms with Gasteiger partial charge < -0.3 is 0 Å². The predicted molar refractivity (Wildman–Crippen MR) is 95.0 cm³/mol. The summed E-state index contributed by atoms with van der Waals surface area (Å²) in [4.78, 5) is 0. The number of benzene rings is 3. The Morgan fingerprint density at radius 1 is 0.682 bits per heavy atom. The highest BCUT2D eigenvalue weighted by atomic mass is 14.2. The first-order valence-corrected chi connectivity index (χ1v) is 7.62. The second-order valence-corrected chi connectivity index (χ2v) is 5.62. The molecule has 0 aromatic heterocycles. The van der Waals surface area contributed by atoms with E-state index in [0.717, 1.165) is 5.57 Å². The number of rotatable bonds is 4. The van der Waals surface area contributed by atoms with Crippen LogP contribution in [0, 0.1) is 0 Å². The molecule has 108 valence electrons. The van der Waals surface area contributed by atoms with Crippen molar-refractivity contribution in [1.82, 2.24) is 0 Å². The maximum atomic E-state index is 4.16. The zero-order valence-electron chi connectivity index (χ0n) is 12.9. The first kappa shape index (κ1) is 14.3. The van der Waals surface area contributed by atoms with Gasteiger partial charge in [0.25, 0.3) is 0 Å². The van der Waals surface area contributed by atoms with Gasteiger partial charge in [-0.2, -0.15) is 0 Å². The van der Waals surface area contributed by atoms with E-state index in [2.05, 4.69) is 98.4 Å². The lowest BCUT2D eigenvalue weighted by atomic mass is 9.82. The third kappa shape index (κ3) is 2.87. The minimum atomic E-state index is 0.232. The fourth-order valence-electron chi connectivity index (χ4n) is 2.98. The molecule has 0 bridgehead atoms. The first-order chi connectivity index (χ1) is 10.8. The predicted octanol–water partition coefficient (Wildman–Crippen LogP) is 5.90. The SMILES string of the molecule is C=C(C)c1ccccc1C(c1ccccc1)c1ccccc1. The highest BCUT2D eigenvalue weighted by Crippen LogP contribution is 2.35. The van der Waals surface area contributed by atoms with Crippen LogP contribution >= 0.6 is 0 Å². The van der Waals surface area contributed by atoms with E-state index in [9.17, 15) is 0 Å². The van der Waals surface area contributed by atoms with Gasteiger partial charge in [-0.1, -0.05) is 97.1 Å². The van der Waals surface area contributed by atoms with Crippen LogP contribution in [0.2, 0.25) is 0 Å². The van der Waals surface area contributed by atoms with E-state index in [4.69, 9.17) is 0 Å². The molecule has 0 nitrogen and oxygen atoms in total. The van der Waals surface area contributed by atoms with Crippen LogP contribution in [-0.4, -0.2) is 0 Å². The molecule has 0 atom stereocenters. The van der Waals surface area contributed by atoms with E-state index < -0.39 is 0 Å². The molecule has 0 saturated carbocycles. The molecule has 3 aromatic rings. The molecule has 0 amide bonds. The third-order valence-electron chi connectivity index (χ3n) is 4.00. The summed E-state index contributed by atoms with van der Waals surface area (Å²) < 4.78 is 0. The molecular weight excluding hydrogens is 264 g/mol. The van der Waals surface area contributed by atoms with Crippen LogP contribution in [0.25, 0.3) is 5.57 Å². The van der Waals surface area contributed by atoms with Crippen LogP contribution in [0.1, 0.15) is 35.1 Å². The van der Waals surface area contributed by atoms with E-state index in [0.29, 0.717) is 0 Å². The summed E-state index contributed by atoms with van der Waals surface area (Å²) in [6.07, 6.45) is 0. The topological polar surface area (TPSA) is 0 Å². The van der Waals surface area contributed by atoms with Gasteiger partial charge in [0.05, 0.1) is 0 Å². The van der Waals surface area contributed by atoms with Crippen molar-refractivity contribution in [1.29, 1.82) is 0 Å². The van der Waals surface area contributed by atoms with Gasteiger partial charge in [-0.05, 0) is 29.2 Å². The lowest BCUT2D eigenvalue weighted by molar-refractivity contribution is 0.971. The lowest BCUT2D eigenvalue weighted by Crippen LogP contribution is -2.05. The molecule has 0 saturated heterocycles. The Kier molecular flexibility index (Phi) is 4.20. The Balaban J connectivity index is 2.21. The maximum absolute atomic E-state index is 4.16. The van der Waals surface area contributed by atoms with E-state index in [1.54, 1.807) is 0 Å². The van der Waals surface area contributed by atoms with Crippen molar-refractivity contribution in [3.63, 3.8) is 0 Å². The second-order valence-electron chi connectivity index (χ2n) is 5.62. The van der Waals surface area contributed by atoms with Crippen LogP contribution in [0.15, 0.2) is 91.5 Å². The molecule has 22 heavy (non-hydrogen) atoms. The normalized spacial score (nSPS) is 10.6. The lowest BCUT2D eigenvalue weighted by Gasteiger charge is -2.22. The molecule has 0 aliphatic rings. The number of hydrogen-bond donors (Lipinski definition) is 0. The van der Waals surface area contributed by atoms with Gasteiger partial charge in [-0.3, -0.25) is 0 Å². The second kappa shape index (κ2) is 6.44. The van der Waals surface area contributed by atoms with Crippen LogP contribution in [-0.2, 0) is 0 Å². The summed E-state index contributed by atoms with van der Waals surface area (Å²) in [5.41, 5.74) is 6.27. The molecule has 0 N–H and O–H groups in total. The minimum Gasteiger partial charge on any atom is -0.0955 e. The zero-order chi connectivity index (χ0) is 15.4. The average Bonchev–Trinajstić information content (AvgIpc) is 2.57. The van der Waals surface area contributed by atoms with Crippen molar-refractivity contribution < 1.29 is 0 Å². The molecule has 0 fully saturated rings. The van der Waals surface area contributed by atoms with Crippen LogP contribution in [0.3, 0.4) is 0 Å². The van der Waals surface area contributed by atoms with Gasteiger partial charge in [0.2, 0.25) is 0 Å². The fraction of sp³-hybridized carbons (Fsp3) is 0.0909. The molecule has 0 spiro atoms. The summed E-state index contributed by atoms with van der Waals surface area (Å²) in [5, 5.41) is 0. The minimum absolute atomic E-state index is 0.232. The summed E-state index contributed by atoms with van der Waals surface area (Å²) in [6.45, 7) is 6.23. The summed E-state index contributed by atoms with van der Waals surface area (Å²) >= 11 is 0. The molecule has 3 aromatic carbocycles. The van der Waals surface area contributed by atoms with Crippen molar-refractivity contribution in [2.75, 3.05) is 0 Å². The number of hydrogen-bond acceptors (Lipinski definition) is 0. The van der Waals surface area contributed by atoms with Gasteiger partial charge in [-0.25, -0.2) is 0 Å². The Bertz CT molecular complexity index is 715. The summed E-state index contributed by atoms with van der Waals surface area (Å²) in [6, 6.07) is 29.9. The molecule has 0 heterocycles. The van der Waals surface area contributed by atoms with Crippen LogP contribution in [0.5, 0.6) is 0 Å². The van der Waals surface area contributed by atoms with Crippen molar-refractivity contribution >= 4 is 5.57 Å². The third-order valence-corrected chi connectivity index (χ3v) is 4.00. The average molecular weight is 284 g/mol. The first-order valence-electron chi connectivity index (χ1n) is 7.62. The largest absolute Gasteiger partial charge is 0.0955 e. The Morgan fingerprint density at radius 2 is 1.14 bits per heavy atom. The molecule has 3 rings (SSSR count).